The smallest absolute Gasteiger partial charge is 0.339 e. The Labute approximate surface area is 103 Å². The van der Waals surface area contributed by atoms with Crippen LogP contribution < -0.4 is 9.47 Å². The van der Waals surface area contributed by atoms with Gasteiger partial charge in [0.05, 0.1) is 19.5 Å². The molecular formula is C12H10N2O4. The molecule has 0 bridgehead atoms. The lowest BCUT2D eigenvalue weighted by Gasteiger charge is -2.07. The Balaban J connectivity index is 2.25. The predicted octanol–water partition coefficient (Wildman–Crippen LogP) is 1.98. The molecule has 0 aliphatic rings. The zero-order chi connectivity index (χ0) is 13.0. The molecule has 2 aromatic rings. The molecule has 18 heavy (non-hydrogen) atoms. The van der Waals surface area contributed by atoms with Crippen LogP contribution in [-0.2, 0) is 0 Å². The van der Waals surface area contributed by atoms with Crippen molar-refractivity contribution in [1.82, 2.24) is 9.97 Å². The number of hydrogen-bond donors (Lipinski definition) is 1. The number of methoxy groups -OCH3 is 1. The number of nitrogens with zero attached hydrogens (tertiary/aromatic N) is 2. The lowest BCUT2D eigenvalue weighted by atomic mass is 10.2. The first-order chi connectivity index (χ1) is 8.70. The number of rotatable bonds is 4. The summed E-state index contributed by atoms with van der Waals surface area (Å²) in [6, 6.07) is 4.61. The largest absolute Gasteiger partial charge is 0.495 e. The van der Waals surface area contributed by atoms with E-state index in [4.69, 9.17) is 14.6 Å². The van der Waals surface area contributed by atoms with Crippen LogP contribution in [0.2, 0.25) is 0 Å². The molecule has 0 amide bonds. The number of pyridine rings is 2. The van der Waals surface area contributed by atoms with Gasteiger partial charge in [0.2, 0.25) is 5.88 Å². The SMILES string of the molecule is COc1ccc(Oc2cnccc2C(=O)O)nc1. The van der Waals surface area contributed by atoms with Crippen LogP contribution in [0.1, 0.15) is 10.4 Å². The van der Waals surface area contributed by atoms with Crippen LogP contribution in [-0.4, -0.2) is 28.2 Å². The van der Waals surface area contributed by atoms with Gasteiger partial charge in [0.25, 0.3) is 0 Å². The highest BCUT2D eigenvalue weighted by atomic mass is 16.5. The Morgan fingerprint density at radius 3 is 2.72 bits per heavy atom. The highest BCUT2D eigenvalue weighted by Crippen LogP contribution is 2.23. The number of carboxylic acids is 1. The van der Waals surface area contributed by atoms with Crippen molar-refractivity contribution in [2.24, 2.45) is 0 Å². The maximum absolute atomic E-state index is 11.0. The average Bonchev–Trinajstić information content (AvgIpc) is 2.40. The van der Waals surface area contributed by atoms with Crippen molar-refractivity contribution in [1.29, 1.82) is 0 Å². The van der Waals surface area contributed by atoms with Gasteiger partial charge in [-0.1, -0.05) is 0 Å². The van der Waals surface area contributed by atoms with Crippen LogP contribution >= 0.6 is 0 Å². The highest BCUT2D eigenvalue weighted by Gasteiger charge is 2.12. The van der Waals surface area contributed by atoms with Gasteiger partial charge in [-0.2, -0.15) is 0 Å². The third-order valence-corrected chi connectivity index (χ3v) is 2.17. The molecule has 2 heterocycles. The van der Waals surface area contributed by atoms with Crippen LogP contribution in [0, 0.1) is 0 Å². The number of ether oxygens (including phenoxy) is 2. The van der Waals surface area contributed by atoms with E-state index >= 15 is 0 Å². The molecule has 0 atom stereocenters. The van der Waals surface area contributed by atoms with E-state index in [1.54, 1.807) is 12.1 Å². The molecule has 0 aromatic carbocycles. The van der Waals surface area contributed by atoms with E-state index in [1.807, 2.05) is 0 Å². The summed E-state index contributed by atoms with van der Waals surface area (Å²) in [4.78, 5) is 18.8. The fraction of sp³-hybridized carbons (Fsp3) is 0.0833. The predicted molar refractivity (Wildman–Crippen MR) is 62.1 cm³/mol. The Morgan fingerprint density at radius 1 is 1.28 bits per heavy atom. The fourth-order valence-corrected chi connectivity index (χ4v) is 1.30. The van der Waals surface area contributed by atoms with Crippen molar-refractivity contribution in [3.8, 4) is 17.4 Å². The normalized spacial score (nSPS) is 9.83. The summed E-state index contributed by atoms with van der Waals surface area (Å²) in [5, 5.41) is 8.98. The maximum Gasteiger partial charge on any atom is 0.339 e. The minimum Gasteiger partial charge on any atom is -0.495 e. The first-order valence-electron chi connectivity index (χ1n) is 5.06. The van der Waals surface area contributed by atoms with E-state index in [-0.39, 0.29) is 17.2 Å². The van der Waals surface area contributed by atoms with E-state index < -0.39 is 5.97 Å². The summed E-state index contributed by atoms with van der Waals surface area (Å²) < 4.78 is 10.3. The molecule has 92 valence electrons. The highest BCUT2D eigenvalue weighted by molar-refractivity contribution is 5.90. The first kappa shape index (κ1) is 11.8. The molecule has 0 fully saturated rings. The van der Waals surface area contributed by atoms with Crippen LogP contribution in [0.15, 0.2) is 36.8 Å². The average molecular weight is 246 g/mol. The third-order valence-electron chi connectivity index (χ3n) is 2.17. The second-order valence-electron chi connectivity index (χ2n) is 3.32. The van der Waals surface area contributed by atoms with E-state index in [0.717, 1.165) is 0 Å². The number of aromatic carboxylic acids is 1. The zero-order valence-corrected chi connectivity index (χ0v) is 9.53. The van der Waals surface area contributed by atoms with E-state index in [9.17, 15) is 4.79 Å². The van der Waals surface area contributed by atoms with E-state index in [0.29, 0.717) is 5.75 Å². The second-order valence-corrected chi connectivity index (χ2v) is 3.32. The summed E-state index contributed by atoms with van der Waals surface area (Å²) in [5.41, 5.74) is 0.0302. The molecular weight excluding hydrogens is 236 g/mol. The van der Waals surface area contributed by atoms with Crippen LogP contribution in [0.25, 0.3) is 0 Å². The topological polar surface area (TPSA) is 81.5 Å². The summed E-state index contributed by atoms with van der Waals surface area (Å²) in [6.07, 6.45) is 4.19. The molecule has 0 spiro atoms. The molecule has 0 unspecified atom stereocenters. The van der Waals surface area contributed by atoms with Crippen molar-refractivity contribution in [3.63, 3.8) is 0 Å². The van der Waals surface area contributed by atoms with Crippen LogP contribution in [0.4, 0.5) is 0 Å². The molecule has 1 N–H and O–H groups in total. The van der Waals surface area contributed by atoms with Gasteiger partial charge >= 0.3 is 5.97 Å². The molecule has 0 aliphatic heterocycles. The lowest BCUT2D eigenvalue weighted by Crippen LogP contribution is -2.01. The van der Waals surface area contributed by atoms with Crippen molar-refractivity contribution in [2.45, 2.75) is 0 Å². The van der Waals surface area contributed by atoms with E-state index in [1.165, 1.54) is 31.8 Å². The molecule has 6 heteroatoms. The third kappa shape index (κ3) is 2.54. The number of hydrogen-bond acceptors (Lipinski definition) is 5. The lowest BCUT2D eigenvalue weighted by molar-refractivity contribution is 0.0694. The molecule has 0 saturated heterocycles. The first-order valence-corrected chi connectivity index (χ1v) is 5.06. The Kier molecular flexibility index (Phi) is 3.38. The summed E-state index contributed by atoms with van der Waals surface area (Å²) in [7, 11) is 1.53. The van der Waals surface area contributed by atoms with Gasteiger partial charge in [0, 0.05) is 12.3 Å². The van der Waals surface area contributed by atoms with Crippen molar-refractivity contribution >= 4 is 5.97 Å². The van der Waals surface area contributed by atoms with Gasteiger partial charge in [0.15, 0.2) is 5.75 Å². The van der Waals surface area contributed by atoms with E-state index in [2.05, 4.69) is 9.97 Å². The number of aromatic nitrogens is 2. The van der Waals surface area contributed by atoms with Crippen LogP contribution in [0.5, 0.6) is 17.4 Å². The van der Waals surface area contributed by atoms with Crippen molar-refractivity contribution < 1.29 is 19.4 Å². The molecule has 2 aromatic heterocycles. The Hall–Kier alpha value is -2.63. The van der Waals surface area contributed by atoms with Crippen LogP contribution in [0.3, 0.4) is 0 Å². The zero-order valence-electron chi connectivity index (χ0n) is 9.53. The number of carbonyl (C=O) groups is 1. The fourth-order valence-electron chi connectivity index (χ4n) is 1.30. The standard InChI is InChI=1S/C12H10N2O4/c1-17-8-2-3-11(14-6-8)18-10-7-13-5-4-9(10)12(15)16/h2-7H,1H3,(H,15,16). The molecule has 0 saturated carbocycles. The summed E-state index contributed by atoms with van der Waals surface area (Å²) in [6.45, 7) is 0. The second kappa shape index (κ2) is 5.13. The quantitative estimate of drug-likeness (QED) is 0.888. The summed E-state index contributed by atoms with van der Waals surface area (Å²) in [5.74, 6) is -0.0816. The Morgan fingerprint density at radius 2 is 2.11 bits per heavy atom. The van der Waals surface area contributed by atoms with Gasteiger partial charge in [-0.3, -0.25) is 4.98 Å². The number of carboxylic acid groups (broad SMARTS) is 1. The van der Waals surface area contributed by atoms with Gasteiger partial charge in [-0.05, 0) is 12.1 Å². The minimum atomic E-state index is -1.08. The minimum absolute atomic E-state index is 0.0302. The maximum atomic E-state index is 11.0. The molecule has 0 radical (unpaired) electrons. The molecule has 6 nitrogen and oxygen atoms in total. The van der Waals surface area contributed by atoms with Crippen molar-refractivity contribution in [2.75, 3.05) is 7.11 Å². The Bertz CT molecular complexity index is 554. The van der Waals surface area contributed by atoms with Gasteiger partial charge in [-0.25, -0.2) is 9.78 Å². The monoisotopic (exact) mass is 246 g/mol. The van der Waals surface area contributed by atoms with Gasteiger partial charge < -0.3 is 14.6 Å². The van der Waals surface area contributed by atoms with Crippen molar-refractivity contribution in [3.05, 3.63) is 42.4 Å². The molecule has 0 aliphatic carbocycles. The van der Waals surface area contributed by atoms with Gasteiger partial charge in [-0.15, -0.1) is 0 Å². The van der Waals surface area contributed by atoms with Gasteiger partial charge in [0.1, 0.15) is 11.3 Å². The molecule has 2 rings (SSSR count). The summed E-state index contributed by atoms with van der Waals surface area (Å²) >= 11 is 0.